The van der Waals surface area contributed by atoms with Crippen LogP contribution in [0, 0.1) is 0 Å². The van der Waals surface area contributed by atoms with E-state index in [1.54, 1.807) is 24.3 Å². The Hall–Kier alpha value is -2.53. The normalized spacial score (nSPS) is 9.40. The minimum absolute atomic E-state index is 0. The number of carboxylic acids is 1. The van der Waals surface area contributed by atoms with E-state index in [2.05, 4.69) is 5.32 Å². The fraction of sp³-hybridized carbons (Fsp3) is 0. The van der Waals surface area contributed by atoms with Crippen LogP contribution in [-0.2, 0) is 0 Å². The Labute approximate surface area is 121 Å². The lowest BCUT2D eigenvalue weighted by Crippen LogP contribution is -2.12. The molecule has 2 rings (SSSR count). The first-order valence-corrected chi connectivity index (χ1v) is 5.56. The van der Waals surface area contributed by atoms with Crippen LogP contribution in [-0.4, -0.2) is 17.0 Å². The van der Waals surface area contributed by atoms with Crippen LogP contribution in [0.5, 0.6) is 0 Å². The summed E-state index contributed by atoms with van der Waals surface area (Å²) in [7, 11) is 0. The van der Waals surface area contributed by atoms with E-state index >= 15 is 0 Å². The highest BCUT2D eigenvalue weighted by Crippen LogP contribution is 2.12. The summed E-state index contributed by atoms with van der Waals surface area (Å²) in [6, 6.07) is 12.5. The van der Waals surface area contributed by atoms with E-state index < -0.39 is 5.97 Å². The highest BCUT2D eigenvalue weighted by Gasteiger charge is 2.08. The predicted molar refractivity (Wildman–Crippen MR) is 79.5 cm³/mol. The lowest BCUT2D eigenvalue weighted by atomic mass is 10.1. The van der Waals surface area contributed by atoms with E-state index in [1.165, 1.54) is 24.3 Å². The number of carbonyl (C=O) groups excluding carboxylic acids is 1. The Bertz CT molecular complexity index is 609. The van der Waals surface area contributed by atoms with Gasteiger partial charge in [0.15, 0.2) is 0 Å². The van der Waals surface area contributed by atoms with Gasteiger partial charge in [-0.25, -0.2) is 4.79 Å². The topological polar surface area (TPSA) is 92.4 Å². The van der Waals surface area contributed by atoms with Crippen molar-refractivity contribution in [3.8, 4) is 0 Å². The summed E-state index contributed by atoms with van der Waals surface area (Å²) < 4.78 is 0. The van der Waals surface area contributed by atoms with Crippen molar-refractivity contribution in [1.29, 1.82) is 0 Å². The first-order valence-electron chi connectivity index (χ1n) is 5.56. The number of carbonyl (C=O) groups is 2. The highest BCUT2D eigenvalue weighted by molar-refractivity contribution is 6.04. The molecule has 5 nitrogen and oxygen atoms in total. The molecule has 0 radical (unpaired) electrons. The minimum atomic E-state index is -1.02. The number of nitrogen functional groups attached to an aromatic ring is 1. The third-order valence-corrected chi connectivity index (χ3v) is 2.56. The van der Waals surface area contributed by atoms with E-state index in [0.717, 1.165) is 0 Å². The Morgan fingerprint density at radius 2 is 1.40 bits per heavy atom. The van der Waals surface area contributed by atoms with E-state index in [-0.39, 0.29) is 23.9 Å². The molecule has 0 aliphatic carbocycles. The second-order valence-electron chi connectivity index (χ2n) is 3.96. The molecule has 104 valence electrons. The molecule has 0 aromatic heterocycles. The number of hydrogen-bond donors (Lipinski definition) is 3. The third kappa shape index (κ3) is 3.73. The molecule has 0 aliphatic heterocycles. The molecule has 2 aromatic carbocycles. The van der Waals surface area contributed by atoms with Gasteiger partial charge >= 0.3 is 5.97 Å². The fourth-order valence-electron chi connectivity index (χ4n) is 1.53. The Morgan fingerprint density at radius 1 is 0.900 bits per heavy atom. The molecule has 6 heteroatoms. The maximum absolute atomic E-state index is 11.9. The second-order valence-corrected chi connectivity index (χ2v) is 3.96. The van der Waals surface area contributed by atoms with Crippen molar-refractivity contribution < 1.29 is 14.7 Å². The van der Waals surface area contributed by atoms with Gasteiger partial charge in [0.2, 0.25) is 0 Å². The number of nitrogens with one attached hydrogen (secondary N) is 1. The van der Waals surface area contributed by atoms with Crippen molar-refractivity contribution in [1.82, 2.24) is 0 Å². The lowest BCUT2D eigenvalue weighted by Gasteiger charge is -2.05. The van der Waals surface area contributed by atoms with Crippen molar-refractivity contribution in [3.05, 3.63) is 59.7 Å². The monoisotopic (exact) mass is 292 g/mol. The number of aromatic carboxylic acids is 1. The summed E-state index contributed by atoms with van der Waals surface area (Å²) in [6.45, 7) is 0. The molecule has 0 atom stereocenters. The molecular formula is C14H13ClN2O3. The van der Waals surface area contributed by atoms with E-state index in [4.69, 9.17) is 10.8 Å². The van der Waals surface area contributed by atoms with Gasteiger partial charge in [0.05, 0.1) is 5.56 Å². The van der Waals surface area contributed by atoms with Gasteiger partial charge in [0.25, 0.3) is 5.91 Å². The molecule has 0 saturated carbocycles. The maximum atomic E-state index is 11.9. The Morgan fingerprint density at radius 3 is 1.90 bits per heavy atom. The van der Waals surface area contributed by atoms with Crippen LogP contribution in [0.15, 0.2) is 48.5 Å². The quantitative estimate of drug-likeness (QED) is 0.758. The number of carboxylic acid groups (broad SMARTS) is 1. The van der Waals surface area contributed by atoms with Crippen LogP contribution in [0.25, 0.3) is 0 Å². The van der Waals surface area contributed by atoms with Crippen molar-refractivity contribution >= 4 is 35.7 Å². The zero-order valence-corrected chi connectivity index (χ0v) is 11.2. The SMILES string of the molecule is Cl.Nc1ccc(NC(=O)c2ccc(C(=O)O)cc2)cc1. The number of benzene rings is 2. The van der Waals surface area contributed by atoms with Crippen LogP contribution in [0.2, 0.25) is 0 Å². The molecule has 20 heavy (non-hydrogen) atoms. The first-order chi connectivity index (χ1) is 9.06. The smallest absolute Gasteiger partial charge is 0.335 e. The summed E-state index contributed by atoms with van der Waals surface area (Å²) in [5.74, 6) is -1.33. The molecule has 0 aliphatic rings. The van der Waals surface area contributed by atoms with Gasteiger partial charge in [-0.3, -0.25) is 4.79 Å². The molecular weight excluding hydrogens is 280 g/mol. The molecule has 2 aromatic rings. The molecule has 0 heterocycles. The molecule has 0 spiro atoms. The predicted octanol–water partition coefficient (Wildman–Crippen LogP) is 2.64. The maximum Gasteiger partial charge on any atom is 0.335 e. The van der Waals surface area contributed by atoms with Crippen LogP contribution in [0.3, 0.4) is 0 Å². The van der Waals surface area contributed by atoms with E-state index in [1.807, 2.05) is 0 Å². The van der Waals surface area contributed by atoms with Crippen LogP contribution < -0.4 is 11.1 Å². The average Bonchev–Trinajstić information content (AvgIpc) is 2.41. The second kappa shape index (κ2) is 6.58. The van der Waals surface area contributed by atoms with Crippen molar-refractivity contribution in [2.45, 2.75) is 0 Å². The number of nitrogens with two attached hydrogens (primary N) is 1. The summed E-state index contributed by atoms with van der Waals surface area (Å²) in [5, 5.41) is 11.5. The molecule has 0 fully saturated rings. The molecule has 0 bridgehead atoms. The first kappa shape index (κ1) is 15.5. The van der Waals surface area contributed by atoms with Gasteiger partial charge in [-0.1, -0.05) is 0 Å². The number of rotatable bonds is 3. The molecule has 0 saturated heterocycles. The highest BCUT2D eigenvalue weighted by atomic mass is 35.5. The molecule has 4 N–H and O–H groups in total. The Balaban J connectivity index is 0.00000200. The van der Waals surface area contributed by atoms with E-state index in [9.17, 15) is 9.59 Å². The standard InChI is InChI=1S/C14H12N2O3.ClH/c15-11-5-7-12(8-6-11)16-13(17)9-1-3-10(4-2-9)14(18)19;/h1-8H,15H2,(H,16,17)(H,18,19);1H. The summed E-state index contributed by atoms with van der Waals surface area (Å²) >= 11 is 0. The van der Waals surface area contributed by atoms with Gasteiger partial charge in [0.1, 0.15) is 0 Å². The molecule has 1 amide bonds. The Kier molecular flexibility index (Phi) is 5.11. The number of amides is 1. The van der Waals surface area contributed by atoms with Crippen molar-refractivity contribution in [3.63, 3.8) is 0 Å². The van der Waals surface area contributed by atoms with Gasteiger partial charge in [-0.2, -0.15) is 0 Å². The summed E-state index contributed by atoms with van der Waals surface area (Å²) in [5.41, 5.74) is 7.32. The van der Waals surface area contributed by atoms with Crippen LogP contribution in [0.1, 0.15) is 20.7 Å². The zero-order chi connectivity index (χ0) is 13.8. The van der Waals surface area contributed by atoms with Crippen LogP contribution >= 0.6 is 12.4 Å². The third-order valence-electron chi connectivity index (χ3n) is 2.56. The number of hydrogen-bond acceptors (Lipinski definition) is 3. The van der Waals surface area contributed by atoms with Gasteiger partial charge < -0.3 is 16.2 Å². The van der Waals surface area contributed by atoms with Gasteiger partial charge in [0, 0.05) is 16.9 Å². The van der Waals surface area contributed by atoms with E-state index in [0.29, 0.717) is 16.9 Å². The lowest BCUT2D eigenvalue weighted by molar-refractivity contribution is 0.0696. The molecule has 0 unspecified atom stereocenters. The summed E-state index contributed by atoms with van der Waals surface area (Å²) in [4.78, 5) is 22.6. The zero-order valence-electron chi connectivity index (χ0n) is 10.4. The van der Waals surface area contributed by atoms with Crippen LogP contribution in [0.4, 0.5) is 11.4 Å². The van der Waals surface area contributed by atoms with Gasteiger partial charge in [-0.15, -0.1) is 12.4 Å². The number of halogens is 1. The van der Waals surface area contributed by atoms with Crippen molar-refractivity contribution in [2.24, 2.45) is 0 Å². The number of anilines is 2. The fourth-order valence-corrected chi connectivity index (χ4v) is 1.53. The minimum Gasteiger partial charge on any atom is -0.478 e. The average molecular weight is 293 g/mol. The largest absolute Gasteiger partial charge is 0.478 e. The summed E-state index contributed by atoms with van der Waals surface area (Å²) in [6.07, 6.45) is 0. The van der Waals surface area contributed by atoms with Gasteiger partial charge in [-0.05, 0) is 48.5 Å². The van der Waals surface area contributed by atoms with Crippen molar-refractivity contribution in [2.75, 3.05) is 11.1 Å².